The summed E-state index contributed by atoms with van der Waals surface area (Å²) in [5, 5.41) is 0. The number of aryl methyl sites for hydroxylation is 1. The van der Waals surface area contributed by atoms with Gasteiger partial charge < -0.3 is 5.73 Å². The molecule has 2 atom stereocenters. The van der Waals surface area contributed by atoms with Crippen molar-refractivity contribution < 1.29 is 4.39 Å². The van der Waals surface area contributed by atoms with Crippen LogP contribution in [-0.2, 0) is 0 Å². The van der Waals surface area contributed by atoms with Crippen LogP contribution in [-0.4, -0.2) is 36.0 Å². The summed E-state index contributed by atoms with van der Waals surface area (Å²) in [6, 6.07) is 5.28. The molecule has 1 aliphatic rings. The van der Waals surface area contributed by atoms with E-state index in [0.717, 1.165) is 29.2 Å². The molecule has 0 aromatic heterocycles. The van der Waals surface area contributed by atoms with Crippen LogP contribution in [0.25, 0.3) is 0 Å². The monoisotopic (exact) mass is 254 g/mol. The first-order valence-electron chi connectivity index (χ1n) is 5.88. The summed E-state index contributed by atoms with van der Waals surface area (Å²) in [7, 11) is 2.09. The van der Waals surface area contributed by atoms with Crippen LogP contribution in [0.4, 0.5) is 4.39 Å². The van der Waals surface area contributed by atoms with Crippen LogP contribution in [0.1, 0.15) is 17.2 Å². The number of hydrogen-bond acceptors (Lipinski definition) is 3. The van der Waals surface area contributed by atoms with Gasteiger partial charge in [-0.15, -0.1) is 0 Å². The van der Waals surface area contributed by atoms with Crippen molar-refractivity contribution in [1.29, 1.82) is 0 Å². The molecule has 0 bridgehead atoms. The Morgan fingerprint density at radius 1 is 1.47 bits per heavy atom. The third-order valence-electron chi connectivity index (χ3n) is 3.31. The van der Waals surface area contributed by atoms with Crippen LogP contribution >= 0.6 is 11.8 Å². The zero-order valence-corrected chi connectivity index (χ0v) is 11.1. The van der Waals surface area contributed by atoms with Gasteiger partial charge in [-0.3, -0.25) is 4.90 Å². The van der Waals surface area contributed by atoms with Crippen molar-refractivity contribution in [3.63, 3.8) is 0 Å². The Balaban J connectivity index is 2.20. The molecule has 2 unspecified atom stereocenters. The summed E-state index contributed by atoms with van der Waals surface area (Å²) in [4.78, 5) is 2.28. The van der Waals surface area contributed by atoms with E-state index in [1.165, 1.54) is 6.07 Å². The fraction of sp³-hybridized carbons (Fsp3) is 0.538. The highest BCUT2D eigenvalue weighted by Gasteiger charge is 2.26. The molecule has 1 heterocycles. The molecule has 17 heavy (non-hydrogen) atoms. The number of rotatable bonds is 2. The van der Waals surface area contributed by atoms with Gasteiger partial charge in [-0.2, -0.15) is 11.8 Å². The molecule has 1 aromatic carbocycles. The summed E-state index contributed by atoms with van der Waals surface area (Å²) in [5.74, 6) is 1.98. The summed E-state index contributed by atoms with van der Waals surface area (Å²) >= 11 is 1.92. The fourth-order valence-corrected chi connectivity index (χ4v) is 3.55. The number of halogens is 1. The summed E-state index contributed by atoms with van der Waals surface area (Å²) in [6.07, 6.45) is 0. The molecule has 4 heteroatoms. The Morgan fingerprint density at radius 3 is 2.88 bits per heavy atom. The minimum atomic E-state index is -0.193. The van der Waals surface area contributed by atoms with Gasteiger partial charge in [-0.05, 0) is 37.2 Å². The van der Waals surface area contributed by atoms with Crippen molar-refractivity contribution in [3.8, 4) is 0 Å². The Bertz CT molecular complexity index is 377. The molecule has 94 valence electrons. The van der Waals surface area contributed by atoms with Crippen LogP contribution in [0, 0.1) is 12.7 Å². The Kier molecular flexibility index (Phi) is 4.07. The van der Waals surface area contributed by atoms with E-state index >= 15 is 0 Å². The maximum Gasteiger partial charge on any atom is 0.123 e. The molecule has 2 N–H and O–H groups in total. The third kappa shape index (κ3) is 3.00. The topological polar surface area (TPSA) is 29.3 Å². The Morgan fingerprint density at radius 2 is 2.24 bits per heavy atom. The Labute approximate surface area is 106 Å². The van der Waals surface area contributed by atoms with Crippen LogP contribution in [0.5, 0.6) is 0 Å². The minimum absolute atomic E-state index is 0.109. The average molecular weight is 254 g/mol. The number of hydrogen-bond donors (Lipinski definition) is 1. The molecular weight excluding hydrogens is 235 g/mol. The summed E-state index contributed by atoms with van der Waals surface area (Å²) < 4.78 is 13.4. The molecule has 1 fully saturated rings. The quantitative estimate of drug-likeness (QED) is 0.877. The second kappa shape index (κ2) is 5.38. The van der Waals surface area contributed by atoms with E-state index in [1.54, 1.807) is 6.07 Å². The van der Waals surface area contributed by atoms with Gasteiger partial charge >= 0.3 is 0 Å². The maximum atomic E-state index is 13.4. The van der Waals surface area contributed by atoms with Gasteiger partial charge in [0.25, 0.3) is 0 Å². The number of thioether (sulfide) groups is 1. The normalized spacial score (nSPS) is 23.6. The van der Waals surface area contributed by atoms with E-state index in [1.807, 2.05) is 24.8 Å². The van der Waals surface area contributed by atoms with Crippen molar-refractivity contribution in [3.05, 3.63) is 35.1 Å². The predicted molar refractivity (Wildman–Crippen MR) is 71.8 cm³/mol. The highest BCUT2D eigenvalue weighted by molar-refractivity contribution is 7.99. The van der Waals surface area contributed by atoms with Crippen molar-refractivity contribution in [2.75, 3.05) is 25.1 Å². The predicted octanol–water partition coefficient (Wildman–Crippen LogP) is 2.18. The minimum Gasteiger partial charge on any atom is -0.323 e. The molecular formula is C13H19FN2S. The maximum absolute atomic E-state index is 13.4. The van der Waals surface area contributed by atoms with Crippen LogP contribution in [0.15, 0.2) is 18.2 Å². The molecule has 0 saturated carbocycles. The standard InChI is InChI=1S/C13H19FN2S/c1-9-5-10(7-11(14)6-9)13(15)12-8-17-4-3-16(12)2/h5-7,12-13H,3-4,8,15H2,1-2H3. The molecule has 2 rings (SSSR count). The lowest BCUT2D eigenvalue weighted by Gasteiger charge is -2.36. The van der Waals surface area contributed by atoms with Gasteiger partial charge in [0.15, 0.2) is 0 Å². The smallest absolute Gasteiger partial charge is 0.123 e. The van der Waals surface area contributed by atoms with Crippen LogP contribution < -0.4 is 5.73 Å². The highest BCUT2D eigenvalue weighted by Crippen LogP contribution is 2.26. The van der Waals surface area contributed by atoms with Gasteiger partial charge in [0.2, 0.25) is 0 Å². The van der Waals surface area contributed by atoms with Crippen molar-refractivity contribution in [2.24, 2.45) is 5.73 Å². The third-order valence-corrected chi connectivity index (χ3v) is 4.36. The lowest BCUT2D eigenvalue weighted by atomic mass is 9.98. The first kappa shape index (κ1) is 12.9. The van der Waals surface area contributed by atoms with E-state index in [0.29, 0.717) is 6.04 Å². The van der Waals surface area contributed by atoms with Crippen molar-refractivity contribution >= 4 is 11.8 Å². The fourth-order valence-electron chi connectivity index (χ4n) is 2.26. The number of likely N-dealkylation sites (N-methyl/N-ethyl adjacent to an activating group) is 1. The van der Waals surface area contributed by atoms with Gasteiger partial charge in [-0.25, -0.2) is 4.39 Å². The first-order chi connectivity index (χ1) is 8.08. The lowest BCUT2D eigenvalue weighted by molar-refractivity contribution is 0.237. The van der Waals surface area contributed by atoms with Crippen molar-refractivity contribution in [2.45, 2.75) is 19.0 Å². The van der Waals surface area contributed by atoms with E-state index in [9.17, 15) is 4.39 Å². The molecule has 1 aromatic rings. The van der Waals surface area contributed by atoms with E-state index in [2.05, 4.69) is 11.9 Å². The Hall–Kier alpha value is -0.580. The zero-order valence-electron chi connectivity index (χ0n) is 10.3. The molecule has 0 aliphatic carbocycles. The van der Waals surface area contributed by atoms with Gasteiger partial charge in [0.1, 0.15) is 5.82 Å². The lowest BCUT2D eigenvalue weighted by Crippen LogP contribution is -2.46. The van der Waals surface area contributed by atoms with Gasteiger partial charge in [-0.1, -0.05) is 6.07 Å². The van der Waals surface area contributed by atoms with Crippen LogP contribution in [0.2, 0.25) is 0 Å². The SMILES string of the molecule is Cc1cc(F)cc(C(N)C2CSCCN2C)c1. The molecule has 1 aliphatic heterocycles. The average Bonchev–Trinajstić information content (AvgIpc) is 2.27. The van der Waals surface area contributed by atoms with Crippen LogP contribution in [0.3, 0.4) is 0 Å². The summed E-state index contributed by atoms with van der Waals surface area (Å²) in [5.41, 5.74) is 8.11. The van der Waals surface area contributed by atoms with Gasteiger partial charge in [0.05, 0.1) is 0 Å². The highest BCUT2D eigenvalue weighted by atomic mass is 32.2. The second-order valence-corrected chi connectivity index (χ2v) is 5.86. The van der Waals surface area contributed by atoms with E-state index in [-0.39, 0.29) is 11.9 Å². The molecule has 0 radical (unpaired) electrons. The number of nitrogens with two attached hydrogens (primary N) is 1. The second-order valence-electron chi connectivity index (χ2n) is 4.71. The van der Waals surface area contributed by atoms with E-state index in [4.69, 9.17) is 5.73 Å². The van der Waals surface area contributed by atoms with E-state index < -0.39 is 0 Å². The molecule has 2 nitrogen and oxygen atoms in total. The van der Waals surface area contributed by atoms with Crippen molar-refractivity contribution in [1.82, 2.24) is 4.90 Å². The molecule has 0 spiro atoms. The largest absolute Gasteiger partial charge is 0.323 e. The zero-order chi connectivity index (χ0) is 12.4. The molecule has 1 saturated heterocycles. The van der Waals surface area contributed by atoms with Gasteiger partial charge in [0, 0.05) is 30.1 Å². The summed E-state index contributed by atoms with van der Waals surface area (Å²) in [6.45, 7) is 2.95. The number of benzene rings is 1. The number of nitrogens with zero attached hydrogens (tertiary/aromatic N) is 1. The molecule has 0 amide bonds. The first-order valence-corrected chi connectivity index (χ1v) is 7.04.